The maximum atomic E-state index is 14.4. The summed E-state index contributed by atoms with van der Waals surface area (Å²) in [6.07, 6.45) is 6.76. The van der Waals surface area contributed by atoms with Gasteiger partial charge >= 0.3 is 0 Å². The van der Waals surface area contributed by atoms with Crippen LogP contribution in [0, 0.1) is 23.2 Å². The number of ether oxygens (including phenoxy) is 1. The summed E-state index contributed by atoms with van der Waals surface area (Å²) in [7, 11) is 0. The predicted octanol–water partition coefficient (Wildman–Crippen LogP) is 2.70. The van der Waals surface area contributed by atoms with Crippen molar-refractivity contribution in [1.29, 1.82) is 0 Å². The molecular formula is C27H35N3O4. The maximum absolute atomic E-state index is 14.4. The molecule has 3 amide bonds. The largest absolute Gasteiger partial charge is 0.379 e. The van der Waals surface area contributed by atoms with Gasteiger partial charge in [0.15, 0.2) is 0 Å². The van der Waals surface area contributed by atoms with Crippen LogP contribution in [0.4, 0.5) is 5.69 Å². The van der Waals surface area contributed by atoms with Crippen molar-refractivity contribution in [3.63, 3.8) is 0 Å². The van der Waals surface area contributed by atoms with Crippen LogP contribution in [0.1, 0.15) is 44.9 Å². The molecule has 1 unspecified atom stereocenters. The maximum Gasteiger partial charge on any atom is 0.257 e. The Morgan fingerprint density at radius 1 is 0.971 bits per heavy atom. The molecule has 1 atom stereocenters. The zero-order valence-corrected chi connectivity index (χ0v) is 19.9. The van der Waals surface area contributed by atoms with Crippen LogP contribution in [0.3, 0.4) is 0 Å². The Labute approximate surface area is 201 Å². The number of anilines is 1. The van der Waals surface area contributed by atoms with Crippen molar-refractivity contribution in [3.05, 3.63) is 30.3 Å². The number of rotatable bonds is 6. The van der Waals surface area contributed by atoms with Crippen LogP contribution in [0.5, 0.6) is 0 Å². The van der Waals surface area contributed by atoms with E-state index < -0.39 is 6.04 Å². The summed E-state index contributed by atoms with van der Waals surface area (Å²) >= 11 is 0. The minimum atomic E-state index is -0.700. The van der Waals surface area contributed by atoms with Gasteiger partial charge < -0.3 is 9.64 Å². The molecule has 7 nitrogen and oxygen atoms in total. The summed E-state index contributed by atoms with van der Waals surface area (Å²) in [6.45, 7) is 4.29. The topological polar surface area (TPSA) is 70.2 Å². The van der Waals surface area contributed by atoms with Gasteiger partial charge in [-0.2, -0.15) is 0 Å². The molecule has 1 aromatic rings. The highest BCUT2D eigenvalue weighted by molar-refractivity contribution is 6.23. The smallest absolute Gasteiger partial charge is 0.257 e. The predicted molar refractivity (Wildman–Crippen MR) is 127 cm³/mol. The number of para-hydroxylation sites is 1. The normalized spacial score (nSPS) is 35.2. The Morgan fingerprint density at radius 3 is 2.21 bits per heavy atom. The molecule has 2 heterocycles. The number of imide groups is 1. The van der Waals surface area contributed by atoms with Crippen LogP contribution in [-0.4, -0.2) is 73.0 Å². The number of morpholine rings is 1. The number of hydrogen-bond donors (Lipinski definition) is 0. The number of carbonyl (C=O) groups excluding carboxylic acids is 3. The van der Waals surface area contributed by atoms with Crippen molar-refractivity contribution in [3.8, 4) is 0 Å². The van der Waals surface area contributed by atoms with Gasteiger partial charge in [-0.05, 0) is 68.4 Å². The van der Waals surface area contributed by atoms with Gasteiger partial charge in [-0.15, -0.1) is 0 Å². The molecular weight excluding hydrogens is 430 g/mol. The van der Waals surface area contributed by atoms with Crippen molar-refractivity contribution in [1.82, 2.24) is 9.80 Å². The Kier molecular flexibility index (Phi) is 5.72. The second-order valence-corrected chi connectivity index (χ2v) is 11.3. The highest BCUT2D eigenvalue weighted by atomic mass is 16.5. The van der Waals surface area contributed by atoms with Crippen LogP contribution in [0.2, 0.25) is 0 Å². The average Bonchev–Trinajstić information content (AvgIpc) is 3.13. The molecule has 4 bridgehead atoms. The second kappa shape index (κ2) is 8.76. The molecule has 7 heteroatoms. The van der Waals surface area contributed by atoms with Crippen molar-refractivity contribution in [2.45, 2.75) is 51.0 Å². The first kappa shape index (κ1) is 22.2. The van der Waals surface area contributed by atoms with Gasteiger partial charge in [0.25, 0.3) is 5.91 Å². The fraction of sp³-hybridized carbons (Fsp3) is 0.667. The summed E-state index contributed by atoms with van der Waals surface area (Å²) < 4.78 is 5.48. The van der Waals surface area contributed by atoms with E-state index in [-0.39, 0.29) is 29.6 Å². The standard InChI is InChI=1S/C27H35N3O4/c31-24-15-23(25(32)30(24)22-4-2-1-3-5-22)29(7-6-28-8-10-34-11-9-28)26(33)27-16-19-12-20(17-27)14-21(13-19)18-27/h1-5,19-21,23H,6-18H2. The van der Waals surface area contributed by atoms with E-state index in [1.807, 2.05) is 23.1 Å². The van der Waals surface area contributed by atoms with Gasteiger partial charge in [0.2, 0.25) is 11.8 Å². The van der Waals surface area contributed by atoms with E-state index in [1.165, 1.54) is 24.2 Å². The number of nitrogens with zero attached hydrogens (tertiary/aromatic N) is 3. The molecule has 2 aliphatic heterocycles. The third-order valence-corrected chi connectivity index (χ3v) is 9.03. The Bertz CT molecular complexity index is 923. The molecule has 0 aromatic heterocycles. The summed E-state index contributed by atoms with van der Waals surface area (Å²) in [4.78, 5) is 46.4. The summed E-state index contributed by atoms with van der Waals surface area (Å²) in [5.74, 6) is 1.63. The molecule has 6 fully saturated rings. The molecule has 34 heavy (non-hydrogen) atoms. The Morgan fingerprint density at radius 2 is 1.59 bits per heavy atom. The van der Waals surface area contributed by atoms with Gasteiger partial charge in [-0.1, -0.05) is 18.2 Å². The molecule has 4 aliphatic carbocycles. The van der Waals surface area contributed by atoms with E-state index >= 15 is 0 Å². The van der Waals surface area contributed by atoms with E-state index in [1.54, 1.807) is 12.1 Å². The molecule has 0 spiro atoms. The molecule has 2 saturated heterocycles. The van der Waals surface area contributed by atoms with Crippen LogP contribution in [-0.2, 0) is 19.1 Å². The van der Waals surface area contributed by atoms with E-state index in [2.05, 4.69) is 4.90 Å². The fourth-order valence-electron chi connectivity index (χ4n) is 7.86. The number of hydrogen-bond acceptors (Lipinski definition) is 5. The van der Waals surface area contributed by atoms with Gasteiger partial charge in [-0.3, -0.25) is 19.3 Å². The lowest BCUT2D eigenvalue weighted by Gasteiger charge is -2.57. The summed E-state index contributed by atoms with van der Waals surface area (Å²) in [5.41, 5.74) is 0.263. The van der Waals surface area contributed by atoms with Crippen molar-refractivity contribution in [2.24, 2.45) is 23.2 Å². The molecule has 4 saturated carbocycles. The Balaban J connectivity index is 1.27. The monoisotopic (exact) mass is 465 g/mol. The third-order valence-electron chi connectivity index (χ3n) is 9.03. The number of carbonyl (C=O) groups is 3. The highest BCUT2D eigenvalue weighted by Gasteiger charge is 2.57. The summed E-state index contributed by atoms with van der Waals surface area (Å²) in [5, 5.41) is 0. The van der Waals surface area contributed by atoms with Gasteiger partial charge in [0, 0.05) is 26.2 Å². The number of benzene rings is 1. The molecule has 0 radical (unpaired) electrons. The van der Waals surface area contributed by atoms with Crippen molar-refractivity contribution >= 4 is 23.4 Å². The first-order chi connectivity index (χ1) is 16.5. The lowest BCUT2D eigenvalue weighted by Crippen LogP contribution is -2.58. The lowest BCUT2D eigenvalue weighted by atomic mass is 9.49. The molecule has 6 aliphatic rings. The van der Waals surface area contributed by atoms with Crippen LogP contribution in [0.15, 0.2) is 30.3 Å². The zero-order chi connectivity index (χ0) is 23.3. The van der Waals surface area contributed by atoms with Gasteiger partial charge in [0.1, 0.15) is 6.04 Å². The first-order valence-electron chi connectivity index (χ1n) is 13.1. The summed E-state index contributed by atoms with van der Waals surface area (Å²) in [6, 6.07) is 8.42. The lowest BCUT2D eigenvalue weighted by molar-refractivity contribution is -0.162. The third kappa shape index (κ3) is 3.87. The van der Waals surface area contributed by atoms with Gasteiger partial charge in [-0.25, -0.2) is 4.90 Å². The highest BCUT2D eigenvalue weighted by Crippen LogP contribution is 2.60. The van der Waals surface area contributed by atoms with Gasteiger partial charge in [0.05, 0.1) is 30.7 Å². The SMILES string of the molecule is O=C1CC(N(CCN2CCOCC2)C(=O)C23CC4CC(CC(C4)C2)C3)C(=O)N1c1ccccc1. The molecule has 1 aromatic carbocycles. The minimum Gasteiger partial charge on any atom is -0.379 e. The van der Waals surface area contributed by atoms with E-state index in [9.17, 15) is 14.4 Å². The number of amides is 3. The van der Waals surface area contributed by atoms with Crippen molar-refractivity contribution in [2.75, 3.05) is 44.3 Å². The first-order valence-corrected chi connectivity index (χ1v) is 13.1. The zero-order valence-electron chi connectivity index (χ0n) is 19.9. The van der Waals surface area contributed by atoms with E-state index in [0.717, 1.165) is 32.4 Å². The minimum absolute atomic E-state index is 0.0783. The van der Waals surface area contributed by atoms with E-state index in [0.29, 0.717) is 49.7 Å². The van der Waals surface area contributed by atoms with Crippen LogP contribution >= 0.6 is 0 Å². The quantitative estimate of drug-likeness (QED) is 0.604. The van der Waals surface area contributed by atoms with Crippen molar-refractivity contribution < 1.29 is 19.1 Å². The second-order valence-electron chi connectivity index (χ2n) is 11.3. The molecule has 0 N–H and O–H groups in total. The average molecular weight is 466 g/mol. The molecule has 7 rings (SSSR count). The molecule has 182 valence electrons. The van der Waals surface area contributed by atoms with E-state index in [4.69, 9.17) is 4.74 Å². The fourth-order valence-corrected chi connectivity index (χ4v) is 7.86. The van der Waals surface area contributed by atoms with Crippen LogP contribution in [0.25, 0.3) is 0 Å². The van der Waals surface area contributed by atoms with Crippen LogP contribution < -0.4 is 4.90 Å². The Hall–Kier alpha value is -2.25.